The number of halogens is 4. The molecule has 2 nitrogen and oxygen atoms in total. The van der Waals surface area contributed by atoms with Crippen LogP contribution in [0.1, 0.15) is 31.4 Å². The van der Waals surface area contributed by atoms with E-state index in [2.05, 4.69) is 4.98 Å². The molecule has 0 aliphatic heterocycles. The Morgan fingerprint density at radius 2 is 1.79 bits per heavy atom. The molecule has 0 bridgehead atoms. The van der Waals surface area contributed by atoms with Crippen molar-refractivity contribution in [2.45, 2.75) is 44.9 Å². The average Bonchev–Trinajstić information content (AvgIpc) is 2.33. The van der Waals surface area contributed by atoms with Crippen LogP contribution in [0.2, 0.25) is 0 Å². The van der Waals surface area contributed by atoms with E-state index in [0.717, 1.165) is 0 Å². The Hall–Kier alpha value is -1.33. The normalized spacial score (nSPS) is 24.3. The summed E-state index contributed by atoms with van der Waals surface area (Å²) in [7, 11) is 0. The van der Waals surface area contributed by atoms with Crippen LogP contribution in [0, 0.1) is 18.7 Å². The van der Waals surface area contributed by atoms with E-state index in [1.807, 2.05) is 0 Å². The van der Waals surface area contributed by atoms with Gasteiger partial charge in [0.2, 0.25) is 0 Å². The highest BCUT2D eigenvalue weighted by Crippen LogP contribution is 2.38. The SMILES string of the molecule is Cc1ccc(F)c(OC2CCC(C(F)(F)F)CC2)n1. The van der Waals surface area contributed by atoms with Gasteiger partial charge in [-0.3, -0.25) is 0 Å². The van der Waals surface area contributed by atoms with Gasteiger partial charge < -0.3 is 4.74 Å². The third-order valence-corrected chi connectivity index (χ3v) is 3.37. The second-order valence-corrected chi connectivity index (χ2v) is 4.87. The predicted molar refractivity (Wildman–Crippen MR) is 61.4 cm³/mol. The quantitative estimate of drug-likeness (QED) is 0.761. The highest BCUT2D eigenvalue weighted by atomic mass is 19.4. The van der Waals surface area contributed by atoms with Crippen molar-refractivity contribution < 1.29 is 22.3 Å². The molecule has 1 aromatic rings. The molecule has 0 atom stereocenters. The van der Waals surface area contributed by atoms with Crippen LogP contribution in [-0.4, -0.2) is 17.3 Å². The number of aromatic nitrogens is 1. The fraction of sp³-hybridized carbons (Fsp3) is 0.615. The van der Waals surface area contributed by atoms with Gasteiger partial charge in [0.25, 0.3) is 5.88 Å². The minimum Gasteiger partial charge on any atom is -0.472 e. The van der Waals surface area contributed by atoms with Crippen LogP contribution in [-0.2, 0) is 0 Å². The maximum Gasteiger partial charge on any atom is 0.391 e. The highest BCUT2D eigenvalue weighted by Gasteiger charge is 2.41. The van der Waals surface area contributed by atoms with E-state index < -0.39 is 17.9 Å². The van der Waals surface area contributed by atoms with Gasteiger partial charge in [0.1, 0.15) is 6.10 Å². The first-order valence-electron chi connectivity index (χ1n) is 6.23. The maximum absolute atomic E-state index is 13.4. The molecule has 1 heterocycles. The number of nitrogens with zero attached hydrogens (tertiary/aromatic N) is 1. The summed E-state index contributed by atoms with van der Waals surface area (Å²) < 4.78 is 56.3. The van der Waals surface area contributed by atoms with Crippen molar-refractivity contribution in [3.63, 3.8) is 0 Å². The van der Waals surface area contributed by atoms with Crippen LogP contribution in [0.15, 0.2) is 12.1 Å². The van der Waals surface area contributed by atoms with Crippen molar-refractivity contribution in [2.75, 3.05) is 0 Å². The van der Waals surface area contributed by atoms with E-state index >= 15 is 0 Å². The van der Waals surface area contributed by atoms with E-state index in [4.69, 9.17) is 4.74 Å². The maximum atomic E-state index is 13.4. The van der Waals surface area contributed by atoms with Crippen molar-refractivity contribution in [1.82, 2.24) is 4.98 Å². The molecule has 0 aromatic carbocycles. The highest BCUT2D eigenvalue weighted by molar-refractivity contribution is 5.17. The Labute approximate surface area is 108 Å². The second kappa shape index (κ2) is 5.35. The monoisotopic (exact) mass is 277 g/mol. The second-order valence-electron chi connectivity index (χ2n) is 4.87. The molecule has 1 saturated carbocycles. The van der Waals surface area contributed by atoms with Crippen LogP contribution < -0.4 is 4.74 Å². The summed E-state index contributed by atoms with van der Waals surface area (Å²) in [5, 5.41) is 0. The number of rotatable bonds is 2. The number of alkyl halides is 3. The molecule has 6 heteroatoms. The van der Waals surface area contributed by atoms with Crippen LogP contribution in [0.5, 0.6) is 5.88 Å². The Kier molecular flexibility index (Phi) is 3.96. The third-order valence-electron chi connectivity index (χ3n) is 3.37. The zero-order valence-electron chi connectivity index (χ0n) is 10.5. The van der Waals surface area contributed by atoms with Gasteiger partial charge in [-0.2, -0.15) is 13.2 Å². The number of ether oxygens (including phenoxy) is 1. The van der Waals surface area contributed by atoms with Crippen LogP contribution in [0.25, 0.3) is 0 Å². The van der Waals surface area contributed by atoms with Crippen molar-refractivity contribution >= 4 is 0 Å². The third kappa shape index (κ3) is 3.58. The molecule has 1 aromatic heterocycles. The largest absolute Gasteiger partial charge is 0.472 e. The van der Waals surface area contributed by atoms with E-state index in [-0.39, 0.29) is 37.7 Å². The van der Waals surface area contributed by atoms with E-state index in [0.29, 0.717) is 5.69 Å². The number of hydrogen-bond donors (Lipinski definition) is 0. The topological polar surface area (TPSA) is 22.1 Å². The Balaban J connectivity index is 1.94. The molecule has 0 unspecified atom stereocenters. The molecule has 1 fully saturated rings. The van der Waals surface area contributed by atoms with Gasteiger partial charge in [0.15, 0.2) is 5.82 Å². The number of pyridine rings is 1. The van der Waals surface area contributed by atoms with Crippen molar-refractivity contribution in [2.24, 2.45) is 5.92 Å². The Morgan fingerprint density at radius 1 is 1.16 bits per heavy atom. The summed E-state index contributed by atoms with van der Waals surface area (Å²) in [4.78, 5) is 3.92. The fourth-order valence-electron chi connectivity index (χ4n) is 2.26. The van der Waals surface area contributed by atoms with E-state index in [1.165, 1.54) is 12.1 Å². The molecule has 0 amide bonds. The summed E-state index contributed by atoms with van der Waals surface area (Å²) in [6.45, 7) is 1.70. The summed E-state index contributed by atoms with van der Waals surface area (Å²) in [6, 6.07) is 2.77. The summed E-state index contributed by atoms with van der Waals surface area (Å²) >= 11 is 0. The van der Waals surface area contributed by atoms with Gasteiger partial charge in [-0.1, -0.05) is 0 Å². The van der Waals surface area contributed by atoms with Crippen molar-refractivity contribution in [3.05, 3.63) is 23.6 Å². The molecule has 0 saturated heterocycles. The first kappa shape index (κ1) is 14.1. The Bertz CT molecular complexity index is 439. The first-order valence-corrected chi connectivity index (χ1v) is 6.23. The average molecular weight is 277 g/mol. The van der Waals surface area contributed by atoms with Gasteiger partial charge in [-0.15, -0.1) is 0 Å². The van der Waals surface area contributed by atoms with Crippen molar-refractivity contribution in [3.8, 4) is 5.88 Å². The standard InChI is InChI=1S/C13H15F4NO/c1-8-2-7-11(14)12(18-8)19-10-5-3-9(4-6-10)13(15,16)17/h2,7,9-10H,3-6H2,1H3. The number of aryl methyl sites for hydroxylation is 1. The lowest BCUT2D eigenvalue weighted by molar-refractivity contribution is -0.185. The lowest BCUT2D eigenvalue weighted by Gasteiger charge is -2.29. The van der Waals surface area contributed by atoms with Gasteiger partial charge in [-0.25, -0.2) is 9.37 Å². The van der Waals surface area contributed by atoms with E-state index in [9.17, 15) is 17.6 Å². The molecule has 0 spiro atoms. The Morgan fingerprint density at radius 3 is 2.37 bits per heavy atom. The minimum absolute atomic E-state index is 0.0294. The van der Waals surface area contributed by atoms with Gasteiger partial charge in [0.05, 0.1) is 5.92 Å². The molecular formula is C13H15F4NO. The molecule has 0 N–H and O–H groups in total. The molecular weight excluding hydrogens is 262 g/mol. The smallest absolute Gasteiger partial charge is 0.391 e. The first-order chi connectivity index (χ1) is 8.86. The van der Waals surface area contributed by atoms with Gasteiger partial charge in [-0.05, 0) is 44.7 Å². The summed E-state index contributed by atoms with van der Waals surface area (Å²) in [6.07, 6.45) is -3.91. The van der Waals surface area contributed by atoms with Crippen LogP contribution in [0.4, 0.5) is 17.6 Å². The molecule has 19 heavy (non-hydrogen) atoms. The summed E-state index contributed by atoms with van der Waals surface area (Å²) in [5.41, 5.74) is 0.611. The minimum atomic E-state index is -4.14. The number of hydrogen-bond acceptors (Lipinski definition) is 2. The van der Waals surface area contributed by atoms with Crippen LogP contribution >= 0.6 is 0 Å². The molecule has 0 radical (unpaired) electrons. The lowest BCUT2D eigenvalue weighted by Crippen LogP contribution is -2.32. The van der Waals surface area contributed by atoms with Crippen LogP contribution in [0.3, 0.4) is 0 Å². The zero-order chi connectivity index (χ0) is 14.0. The molecule has 1 aliphatic rings. The van der Waals surface area contributed by atoms with Gasteiger partial charge in [0, 0.05) is 5.69 Å². The lowest BCUT2D eigenvalue weighted by atomic mass is 9.87. The molecule has 1 aliphatic carbocycles. The molecule has 2 rings (SSSR count). The van der Waals surface area contributed by atoms with Crippen molar-refractivity contribution in [1.29, 1.82) is 0 Å². The van der Waals surface area contributed by atoms with E-state index in [1.54, 1.807) is 6.92 Å². The van der Waals surface area contributed by atoms with Gasteiger partial charge >= 0.3 is 6.18 Å². The predicted octanol–water partition coefficient (Wildman–Crippen LogP) is 4.03. The summed E-state index contributed by atoms with van der Waals surface area (Å²) in [5.74, 6) is -1.96. The molecule has 106 valence electrons. The zero-order valence-corrected chi connectivity index (χ0v) is 10.5. The fourth-order valence-corrected chi connectivity index (χ4v) is 2.26.